The van der Waals surface area contributed by atoms with Gasteiger partial charge in [-0.25, -0.2) is 0 Å². The third-order valence-electron chi connectivity index (χ3n) is 3.31. The molecule has 0 fully saturated rings. The summed E-state index contributed by atoms with van der Waals surface area (Å²) in [7, 11) is 0. The number of benzene rings is 2. The Hall–Kier alpha value is -2.01. The second-order valence-electron chi connectivity index (χ2n) is 4.78. The number of para-hydroxylation sites is 1. The molecule has 2 rings (SSSR count). The average molecular weight is 303 g/mol. The molecule has 0 N–H and O–H groups in total. The summed E-state index contributed by atoms with van der Waals surface area (Å²) >= 11 is 4.35. The molecule has 0 bridgehead atoms. The number of rotatable bonds is 6. The number of ether oxygens (including phenoxy) is 1. The van der Waals surface area contributed by atoms with Crippen molar-refractivity contribution in [1.29, 1.82) is 0 Å². The second kappa shape index (κ2) is 7.13. The Balaban J connectivity index is 2.17. The van der Waals surface area contributed by atoms with Crippen LogP contribution in [0.15, 0.2) is 48.5 Å². The van der Waals surface area contributed by atoms with Crippen LogP contribution in [0, 0.1) is 17.0 Å². The van der Waals surface area contributed by atoms with Gasteiger partial charge in [-0.3, -0.25) is 10.1 Å². The third kappa shape index (κ3) is 3.76. The summed E-state index contributed by atoms with van der Waals surface area (Å²) in [6, 6.07) is 14.8. The smallest absolute Gasteiger partial charge is 0.311 e. The number of nitrogens with zero attached hydrogens (tertiary/aromatic N) is 1. The standard InChI is InChI=1S/C16H17NO3S/c1-12-6-5-9-15(17(18)19)16(12)20-10-14(11-21)13-7-3-2-4-8-13/h2-9,14,21H,10-11H2,1H3. The van der Waals surface area contributed by atoms with Crippen LogP contribution in [0.4, 0.5) is 5.69 Å². The molecule has 0 aliphatic rings. The van der Waals surface area contributed by atoms with E-state index in [1.54, 1.807) is 19.1 Å². The Bertz CT molecular complexity index is 616. The van der Waals surface area contributed by atoms with Crippen molar-refractivity contribution >= 4 is 18.3 Å². The van der Waals surface area contributed by atoms with Crippen molar-refractivity contribution in [2.45, 2.75) is 12.8 Å². The molecule has 1 unspecified atom stereocenters. The van der Waals surface area contributed by atoms with Gasteiger partial charge in [-0.05, 0) is 18.1 Å². The highest BCUT2D eigenvalue weighted by Crippen LogP contribution is 2.31. The lowest BCUT2D eigenvalue weighted by atomic mass is 10.0. The van der Waals surface area contributed by atoms with E-state index in [4.69, 9.17) is 4.74 Å². The lowest BCUT2D eigenvalue weighted by molar-refractivity contribution is -0.385. The largest absolute Gasteiger partial charge is 0.486 e. The molecule has 0 radical (unpaired) electrons. The predicted molar refractivity (Wildman–Crippen MR) is 86.4 cm³/mol. The van der Waals surface area contributed by atoms with Crippen molar-refractivity contribution in [1.82, 2.24) is 0 Å². The molecule has 110 valence electrons. The average Bonchev–Trinajstić information content (AvgIpc) is 2.50. The maximum Gasteiger partial charge on any atom is 0.311 e. The number of nitro benzene ring substituents is 1. The molecule has 0 saturated carbocycles. The van der Waals surface area contributed by atoms with Crippen molar-refractivity contribution in [3.63, 3.8) is 0 Å². The first-order valence-corrected chi connectivity index (χ1v) is 7.29. The fourth-order valence-corrected chi connectivity index (χ4v) is 2.45. The quantitative estimate of drug-likeness (QED) is 0.498. The number of nitro groups is 1. The van der Waals surface area contributed by atoms with Crippen LogP contribution in [0.3, 0.4) is 0 Å². The maximum absolute atomic E-state index is 11.1. The van der Waals surface area contributed by atoms with Gasteiger partial charge in [-0.2, -0.15) is 12.6 Å². The Morgan fingerprint density at radius 3 is 2.52 bits per heavy atom. The summed E-state index contributed by atoms with van der Waals surface area (Å²) < 4.78 is 5.75. The minimum absolute atomic E-state index is 0.000904. The highest BCUT2D eigenvalue weighted by molar-refractivity contribution is 7.80. The lowest BCUT2D eigenvalue weighted by Crippen LogP contribution is -2.13. The molecular weight excluding hydrogens is 286 g/mol. The summed E-state index contributed by atoms with van der Waals surface area (Å²) in [6.45, 7) is 2.17. The van der Waals surface area contributed by atoms with Crippen molar-refractivity contribution in [3.05, 3.63) is 69.8 Å². The second-order valence-corrected chi connectivity index (χ2v) is 5.15. The Kier molecular flexibility index (Phi) is 5.22. The highest BCUT2D eigenvalue weighted by Gasteiger charge is 2.19. The van der Waals surface area contributed by atoms with E-state index in [1.165, 1.54) is 6.07 Å². The number of hydrogen-bond donors (Lipinski definition) is 1. The van der Waals surface area contributed by atoms with Gasteiger partial charge in [0.05, 0.1) is 11.5 Å². The molecule has 0 aliphatic heterocycles. The number of thiol groups is 1. The van der Waals surface area contributed by atoms with E-state index in [0.717, 1.165) is 11.1 Å². The molecule has 0 aromatic heterocycles. The van der Waals surface area contributed by atoms with Gasteiger partial charge in [0.2, 0.25) is 0 Å². The predicted octanol–water partition coefficient (Wildman–Crippen LogP) is 4.00. The molecule has 0 saturated heterocycles. The van der Waals surface area contributed by atoms with Gasteiger partial charge in [0.15, 0.2) is 5.75 Å². The van der Waals surface area contributed by atoms with E-state index in [2.05, 4.69) is 12.6 Å². The van der Waals surface area contributed by atoms with Gasteiger partial charge in [0.25, 0.3) is 0 Å². The topological polar surface area (TPSA) is 52.4 Å². The first-order chi connectivity index (χ1) is 10.1. The number of aryl methyl sites for hydroxylation is 1. The van der Waals surface area contributed by atoms with E-state index in [9.17, 15) is 10.1 Å². The third-order valence-corrected chi connectivity index (χ3v) is 3.75. The van der Waals surface area contributed by atoms with Crippen molar-refractivity contribution in [2.75, 3.05) is 12.4 Å². The zero-order valence-corrected chi connectivity index (χ0v) is 12.6. The van der Waals surface area contributed by atoms with Crippen molar-refractivity contribution < 1.29 is 9.66 Å². The Morgan fingerprint density at radius 1 is 1.19 bits per heavy atom. The van der Waals surface area contributed by atoms with Gasteiger partial charge >= 0.3 is 5.69 Å². The molecule has 0 heterocycles. The molecule has 2 aromatic rings. The first kappa shape index (κ1) is 15.4. The number of hydrogen-bond acceptors (Lipinski definition) is 4. The molecule has 21 heavy (non-hydrogen) atoms. The van der Waals surface area contributed by atoms with E-state index >= 15 is 0 Å². The van der Waals surface area contributed by atoms with Crippen molar-refractivity contribution in [3.8, 4) is 5.75 Å². The molecule has 1 atom stereocenters. The minimum atomic E-state index is -0.416. The SMILES string of the molecule is Cc1cccc([N+](=O)[O-])c1OCC(CS)c1ccccc1. The van der Waals surface area contributed by atoms with E-state index in [1.807, 2.05) is 30.3 Å². The van der Waals surface area contributed by atoms with Crippen LogP contribution >= 0.6 is 12.6 Å². The molecule has 4 nitrogen and oxygen atoms in total. The van der Waals surface area contributed by atoms with Gasteiger partial charge in [0.1, 0.15) is 0 Å². The van der Waals surface area contributed by atoms with Crippen molar-refractivity contribution in [2.24, 2.45) is 0 Å². The fourth-order valence-electron chi connectivity index (χ4n) is 2.13. The zero-order valence-electron chi connectivity index (χ0n) is 11.7. The summed E-state index contributed by atoms with van der Waals surface area (Å²) in [6.07, 6.45) is 0. The molecular formula is C16H17NO3S. The van der Waals surface area contributed by atoms with Gasteiger partial charge < -0.3 is 4.74 Å². The van der Waals surface area contributed by atoms with Crippen LogP contribution in [0.25, 0.3) is 0 Å². The van der Waals surface area contributed by atoms with Gasteiger partial charge in [-0.1, -0.05) is 42.5 Å². The molecule has 0 amide bonds. The van der Waals surface area contributed by atoms with Crippen LogP contribution in [0.5, 0.6) is 5.75 Å². The Labute approximate surface area is 129 Å². The summed E-state index contributed by atoms with van der Waals surface area (Å²) in [5.74, 6) is 1.04. The van der Waals surface area contributed by atoms with Crippen LogP contribution in [-0.4, -0.2) is 17.3 Å². The maximum atomic E-state index is 11.1. The molecule has 2 aromatic carbocycles. The van der Waals surface area contributed by atoms with Crippen LogP contribution < -0.4 is 4.74 Å². The van der Waals surface area contributed by atoms with Crippen LogP contribution in [0.1, 0.15) is 17.0 Å². The van der Waals surface area contributed by atoms with E-state index in [-0.39, 0.29) is 11.6 Å². The summed E-state index contributed by atoms with van der Waals surface area (Å²) in [5, 5.41) is 11.1. The summed E-state index contributed by atoms with van der Waals surface area (Å²) in [4.78, 5) is 10.7. The van der Waals surface area contributed by atoms with E-state index < -0.39 is 4.92 Å². The van der Waals surface area contributed by atoms with Gasteiger partial charge in [0, 0.05) is 17.7 Å². The van der Waals surface area contributed by atoms with Gasteiger partial charge in [-0.15, -0.1) is 0 Å². The fraction of sp³-hybridized carbons (Fsp3) is 0.250. The lowest BCUT2D eigenvalue weighted by Gasteiger charge is -2.17. The molecule has 0 aliphatic carbocycles. The van der Waals surface area contributed by atoms with E-state index in [0.29, 0.717) is 18.1 Å². The zero-order chi connectivity index (χ0) is 15.2. The normalized spacial score (nSPS) is 11.9. The molecule has 5 heteroatoms. The first-order valence-electron chi connectivity index (χ1n) is 6.66. The monoisotopic (exact) mass is 303 g/mol. The summed E-state index contributed by atoms with van der Waals surface area (Å²) in [5.41, 5.74) is 1.87. The minimum Gasteiger partial charge on any atom is -0.486 e. The highest BCUT2D eigenvalue weighted by atomic mass is 32.1. The molecule has 0 spiro atoms. The van der Waals surface area contributed by atoms with Crippen LogP contribution in [0.2, 0.25) is 0 Å². The Morgan fingerprint density at radius 2 is 1.90 bits per heavy atom. The van der Waals surface area contributed by atoms with Crippen LogP contribution in [-0.2, 0) is 0 Å².